The van der Waals surface area contributed by atoms with Crippen molar-refractivity contribution in [2.75, 3.05) is 6.61 Å². The molecule has 2 aromatic rings. The maximum Gasteiger partial charge on any atom is 0.453 e. The van der Waals surface area contributed by atoms with Gasteiger partial charge in [0.1, 0.15) is 11.9 Å². The van der Waals surface area contributed by atoms with E-state index >= 15 is 0 Å². The van der Waals surface area contributed by atoms with Gasteiger partial charge in [0.15, 0.2) is 5.82 Å². The van der Waals surface area contributed by atoms with E-state index in [1.165, 1.54) is 0 Å². The number of nitrogens with zero attached hydrogens (tertiary/aromatic N) is 4. The van der Waals surface area contributed by atoms with Gasteiger partial charge in [-0.05, 0) is 30.7 Å². The Balaban J connectivity index is 1.44. The van der Waals surface area contributed by atoms with E-state index in [0.29, 0.717) is 23.3 Å². The second kappa shape index (κ2) is 9.40. The van der Waals surface area contributed by atoms with Gasteiger partial charge in [-0.1, -0.05) is 41.0 Å². The first-order chi connectivity index (χ1) is 16.9. The van der Waals surface area contributed by atoms with Crippen LogP contribution in [-0.4, -0.2) is 45.4 Å². The van der Waals surface area contributed by atoms with Crippen molar-refractivity contribution >= 4 is 11.8 Å². The fourth-order valence-corrected chi connectivity index (χ4v) is 5.40. The number of ether oxygens (including phenoxy) is 2. The third-order valence-corrected chi connectivity index (χ3v) is 6.98. The summed E-state index contributed by atoms with van der Waals surface area (Å²) in [6.07, 6.45) is -2.47. The Morgan fingerprint density at radius 3 is 2.39 bits per heavy atom. The molecule has 0 spiro atoms. The summed E-state index contributed by atoms with van der Waals surface area (Å²) in [4.78, 5) is 13.0. The van der Waals surface area contributed by atoms with E-state index in [0.717, 1.165) is 18.6 Å². The molecule has 0 radical (unpaired) electrons. The van der Waals surface area contributed by atoms with Crippen LogP contribution in [0.5, 0.6) is 5.75 Å². The summed E-state index contributed by atoms with van der Waals surface area (Å²) < 4.78 is 52.3. The lowest BCUT2D eigenvalue weighted by molar-refractivity contribution is -0.172. The Labute approximate surface area is 208 Å². The predicted octanol–water partition coefficient (Wildman–Crippen LogP) is 4.83. The van der Waals surface area contributed by atoms with Crippen LogP contribution in [0, 0.1) is 10.8 Å². The molecule has 1 aliphatic carbocycles. The van der Waals surface area contributed by atoms with Gasteiger partial charge < -0.3 is 14.8 Å². The van der Waals surface area contributed by atoms with Crippen LogP contribution in [0.25, 0.3) is 0 Å². The van der Waals surface area contributed by atoms with Gasteiger partial charge in [-0.2, -0.15) is 17.8 Å². The number of aromatic nitrogens is 3. The fraction of sp³-hybridized carbons (Fsp3) is 0.600. The molecule has 0 unspecified atom stereocenters. The molecule has 2 aliphatic rings. The number of alkyl halides is 3. The van der Waals surface area contributed by atoms with Gasteiger partial charge >= 0.3 is 6.18 Å². The summed E-state index contributed by atoms with van der Waals surface area (Å²) in [6, 6.07) is 6.79. The van der Waals surface area contributed by atoms with Gasteiger partial charge in [0, 0.05) is 35.3 Å². The van der Waals surface area contributed by atoms with Crippen molar-refractivity contribution in [1.82, 2.24) is 20.2 Å². The molecule has 2 heterocycles. The van der Waals surface area contributed by atoms with Crippen LogP contribution in [0.2, 0.25) is 0 Å². The number of carbonyl (C=O) groups is 1. The molecule has 0 bridgehead atoms. The number of hydrogen-bond donors (Lipinski definition) is 1. The molecule has 0 saturated heterocycles. The largest absolute Gasteiger partial charge is 0.494 e. The maximum atomic E-state index is 13.2. The second-order valence-corrected chi connectivity index (χ2v) is 10.5. The maximum absolute atomic E-state index is 13.2. The number of carbonyl (C=O) groups excluding carboxylic acids is 1. The molecule has 4 rings (SSSR count). The third kappa shape index (κ3) is 4.79. The number of fused-ring (bicyclic) bond motifs is 1. The van der Waals surface area contributed by atoms with E-state index in [9.17, 15) is 18.0 Å². The highest BCUT2D eigenvalue weighted by molar-refractivity contribution is 5.94. The first kappa shape index (κ1) is 26.0. The fourth-order valence-electron chi connectivity index (χ4n) is 5.40. The summed E-state index contributed by atoms with van der Waals surface area (Å²) in [7, 11) is 0. The predicted molar refractivity (Wildman–Crippen MR) is 127 cm³/mol. The van der Waals surface area contributed by atoms with Crippen molar-refractivity contribution < 1.29 is 27.4 Å². The molecule has 1 amide bonds. The van der Waals surface area contributed by atoms with E-state index in [-0.39, 0.29) is 36.2 Å². The van der Waals surface area contributed by atoms with Crippen LogP contribution < -0.4 is 10.1 Å². The molecule has 1 aliphatic heterocycles. The molecule has 1 saturated carbocycles. The van der Waals surface area contributed by atoms with Crippen molar-refractivity contribution in [2.45, 2.75) is 78.6 Å². The smallest absolute Gasteiger partial charge is 0.453 e. The normalized spacial score (nSPS) is 22.2. The Hall–Kier alpha value is -3.11. The minimum atomic E-state index is -4.67. The molecular formula is C25H32F3N5O3. The minimum Gasteiger partial charge on any atom is -0.494 e. The van der Waals surface area contributed by atoms with Gasteiger partial charge in [-0.15, -0.1) is 15.3 Å². The lowest BCUT2D eigenvalue weighted by Gasteiger charge is -2.63. The van der Waals surface area contributed by atoms with E-state index < -0.39 is 22.8 Å². The van der Waals surface area contributed by atoms with Crippen molar-refractivity contribution in [1.29, 1.82) is 0 Å². The molecule has 11 heteroatoms. The van der Waals surface area contributed by atoms with Crippen LogP contribution in [0.4, 0.5) is 13.2 Å². The minimum absolute atomic E-state index is 0.147. The zero-order valence-electron chi connectivity index (χ0n) is 21.1. The number of unbranched alkanes of at least 4 members (excludes halogenated alkanes) is 1. The number of amides is 1. The second-order valence-electron chi connectivity index (χ2n) is 10.5. The highest BCUT2D eigenvalue weighted by Crippen LogP contribution is 2.56. The number of aryl methyl sites for hydroxylation is 1. The molecule has 1 aromatic heterocycles. The number of benzene rings is 1. The first-order valence-corrected chi connectivity index (χ1v) is 12.2. The number of nitrogens with one attached hydrogen (secondary N) is 1. The van der Waals surface area contributed by atoms with Gasteiger partial charge in [0.25, 0.3) is 11.7 Å². The van der Waals surface area contributed by atoms with Crippen LogP contribution in [0.1, 0.15) is 75.9 Å². The highest BCUT2D eigenvalue weighted by Gasteiger charge is 2.64. The number of rotatable bonds is 7. The standard InChI is InChI=1S/C25H32F3N5O3/c1-6-7-14-35-16-10-8-15(9-11-16)19(34)29-20-23(2,3)21(24(20,4)5)36-18-13-12-17-30-31-22(25(26,27)28)33(17)32-18/h8-11,20-21H,6-7,12-14H2,1-5H3,(H,29,34). The lowest BCUT2D eigenvalue weighted by Crippen LogP contribution is -2.74. The molecule has 1 aromatic carbocycles. The first-order valence-electron chi connectivity index (χ1n) is 12.2. The molecule has 36 heavy (non-hydrogen) atoms. The summed E-state index contributed by atoms with van der Waals surface area (Å²) in [5.74, 6) is -0.317. The third-order valence-electron chi connectivity index (χ3n) is 6.98. The summed E-state index contributed by atoms with van der Waals surface area (Å²) >= 11 is 0. The summed E-state index contributed by atoms with van der Waals surface area (Å²) in [6.45, 7) is 10.6. The summed E-state index contributed by atoms with van der Waals surface area (Å²) in [5.41, 5.74) is -0.471. The molecule has 0 atom stereocenters. The Morgan fingerprint density at radius 2 is 1.78 bits per heavy atom. The molecular weight excluding hydrogens is 475 g/mol. The molecule has 1 fully saturated rings. The molecule has 196 valence electrons. The average Bonchev–Trinajstić information content (AvgIpc) is 3.25. The molecule has 1 N–H and O–H groups in total. The SMILES string of the molecule is CCCCOc1ccc(C(=O)NC2C(C)(C)C(OC3=Nn4c(nnc4C(F)(F)F)CC3)C2(C)C)cc1. The van der Waals surface area contributed by atoms with Gasteiger partial charge in [-0.3, -0.25) is 4.79 Å². The zero-order valence-corrected chi connectivity index (χ0v) is 21.1. The van der Waals surface area contributed by atoms with Crippen LogP contribution in [0.15, 0.2) is 29.4 Å². The van der Waals surface area contributed by atoms with Crippen LogP contribution in [0.3, 0.4) is 0 Å². The van der Waals surface area contributed by atoms with E-state index in [1.54, 1.807) is 24.3 Å². The zero-order chi connectivity index (χ0) is 26.3. The van der Waals surface area contributed by atoms with Gasteiger partial charge in [-0.25, -0.2) is 0 Å². The van der Waals surface area contributed by atoms with Crippen molar-refractivity contribution in [3.63, 3.8) is 0 Å². The average molecular weight is 508 g/mol. The number of hydrogen-bond acceptors (Lipinski definition) is 6. The highest BCUT2D eigenvalue weighted by atomic mass is 19.4. The van der Waals surface area contributed by atoms with Gasteiger partial charge in [0.05, 0.1) is 6.61 Å². The summed E-state index contributed by atoms with van der Waals surface area (Å²) in [5, 5.41) is 14.0. The van der Waals surface area contributed by atoms with E-state index in [2.05, 4.69) is 27.5 Å². The van der Waals surface area contributed by atoms with E-state index in [1.807, 2.05) is 27.7 Å². The Bertz CT molecular complexity index is 1120. The van der Waals surface area contributed by atoms with Crippen LogP contribution in [-0.2, 0) is 17.3 Å². The van der Waals surface area contributed by atoms with E-state index in [4.69, 9.17) is 9.47 Å². The monoisotopic (exact) mass is 507 g/mol. The van der Waals surface area contributed by atoms with Crippen LogP contribution >= 0.6 is 0 Å². The Kier molecular flexibility index (Phi) is 6.78. The number of halogens is 3. The van der Waals surface area contributed by atoms with Crippen molar-refractivity contribution in [3.05, 3.63) is 41.5 Å². The van der Waals surface area contributed by atoms with Crippen molar-refractivity contribution in [2.24, 2.45) is 15.9 Å². The molecule has 8 nitrogen and oxygen atoms in total. The lowest BCUT2D eigenvalue weighted by atomic mass is 9.49. The van der Waals surface area contributed by atoms with Gasteiger partial charge in [0.2, 0.25) is 5.90 Å². The quantitative estimate of drug-likeness (QED) is 0.542. The Morgan fingerprint density at radius 1 is 1.11 bits per heavy atom. The van der Waals surface area contributed by atoms with Crippen molar-refractivity contribution in [3.8, 4) is 5.75 Å². The topological polar surface area (TPSA) is 90.6 Å².